The Morgan fingerprint density at radius 3 is 2.77 bits per heavy atom. The molecule has 0 fully saturated rings. The average molecular weight is 179 g/mol. The molecule has 13 heavy (non-hydrogen) atoms. The van der Waals surface area contributed by atoms with Gasteiger partial charge >= 0.3 is 0 Å². The van der Waals surface area contributed by atoms with Crippen molar-refractivity contribution in [3.63, 3.8) is 0 Å². The van der Waals surface area contributed by atoms with E-state index in [0.717, 1.165) is 12.1 Å². The molecule has 2 aliphatic heterocycles. The summed E-state index contributed by atoms with van der Waals surface area (Å²) in [4.78, 5) is 4.47. The Balaban J connectivity index is 0.000000396. The lowest BCUT2D eigenvalue weighted by molar-refractivity contribution is 0.325. The molecule has 0 saturated carbocycles. The van der Waals surface area contributed by atoms with E-state index in [4.69, 9.17) is 0 Å². The summed E-state index contributed by atoms with van der Waals surface area (Å²) in [6.07, 6.45) is 5.16. The molecule has 2 aliphatic rings. The van der Waals surface area contributed by atoms with Gasteiger partial charge in [0.25, 0.3) is 0 Å². The van der Waals surface area contributed by atoms with Crippen molar-refractivity contribution in [1.82, 2.24) is 5.01 Å². The predicted molar refractivity (Wildman–Crippen MR) is 57.0 cm³/mol. The van der Waals surface area contributed by atoms with E-state index in [2.05, 4.69) is 23.2 Å². The highest BCUT2D eigenvalue weighted by Crippen LogP contribution is 2.19. The van der Waals surface area contributed by atoms with E-state index in [0.29, 0.717) is 0 Å². The van der Waals surface area contributed by atoms with E-state index < -0.39 is 0 Å². The molecule has 0 saturated heterocycles. The third-order valence-electron chi connectivity index (χ3n) is 2.08. The van der Waals surface area contributed by atoms with Gasteiger partial charge in [0.2, 0.25) is 0 Å². The van der Waals surface area contributed by atoms with Crippen LogP contribution >= 0.6 is 0 Å². The second-order valence-corrected chi connectivity index (χ2v) is 2.92. The summed E-state index contributed by atoms with van der Waals surface area (Å²) in [6.45, 7) is 8.10. The second kappa shape index (κ2) is 4.21. The molecule has 0 radical (unpaired) electrons. The normalized spacial score (nSPS) is 24.3. The van der Waals surface area contributed by atoms with Gasteiger partial charge < -0.3 is 0 Å². The standard InChI is InChI=1S/C8H11N3.C2H6/c1-6-5-11-8(3-4-9-11)10-7(6)2;1-2/h4-5,8H,3H2,1-2H3;1-2H3. The van der Waals surface area contributed by atoms with Crippen molar-refractivity contribution in [1.29, 1.82) is 0 Å². The minimum absolute atomic E-state index is 0.249. The summed E-state index contributed by atoms with van der Waals surface area (Å²) in [6, 6.07) is 0. The molecule has 0 aromatic carbocycles. The van der Waals surface area contributed by atoms with Crippen LogP contribution in [-0.4, -0.2) is 23.1 Å². The van der Waals surface area contributed by atoms with Gasteiger partial charge in [-0.25, -0.2) is 5.01 Å². The molecule has 0 amide bonds. The summed E-state index contributed by atoms with van der Waals surface area (Å²) in [7, 11) is 0. The summed E-state index contributed by atoms with van der Waals surface area (Å²) in [5.74, 6) is 0. The molecule has 0 aromatic heterocycles. The molecule has 0 aliphatic carbocycles. The van der Waals surface area contributed by atoms with Crippen molar-refractivity contribution in [2.24, 2.45) is 10.1 Å². The number of allylic oxidation sites excluding steroid dienone is 1. The first kappa shape index (κ1) is 9.96. The Bertz CT molecular complexity index is 263. The topological polar surface area (TPSA) is 28.0 Å². The molecule has 2 rings (SSSR count). The Morgan fingerprint density at radius 1 is 1.38 bits per heavy atom. The minimum atomic E-state index is 0.249. The van der Waals surface area contributed by atoms with Crippen LogP contribution in [0.2, 0.25) is 0 Å². The van der Waals surface area contributed by atoms with Gasteiger partial charge in [0.15, 0.2) is 0 Å². The smallest absolute Gasteiger partial charge is 0.146 e. The van der Waals surface area contributed by atoms with Crippen LogP contribution in [-0.2, 0) is 0 Å². The van der Waals surface area contributed by atoms with Gasteiger partial charge in [-0.15, -0.1) is 0 Å². The van der Waals surface area contributed by atoms with Gasteiger partial charge in [-0.3, -0.25) is 4.99 Å². The monoisotopic (exact) mass is 179 g/mol. The van der Waals surface area contributed by atoms with Gasteiger partial charge in [-0.1, -0.05) is 13.8 Å². The molecule has 1 unspecified atom stereocenters. The predicted octanol–water partition coefficient (Wildman–Crippen LogP) is 2.41. The highest BCUT2D eigenvalue weighted by molar-refractivity contribution is 5.98. The molecule has 3 heteroatoms. The van der Waals surface area contributed by atoms with Crippen LogP contribution in [0.4, 0.5) is 0 Å². The fourth-order valence-electron chi connectivity index (χ4n) is 1.27. The molecular formula is C10H17N3. The molecule has 72 valence electrons. The molecule has 0 aromatic rings. The van der Waals surface area contributed by atoms with Crippen LogP contribution in [0.25, 0.3) is 0 Å². The quantitative estimate of drug-likeness (QED) is 0.561. The highest BCUT2D eigenvalue weighted by atomic mass is 15.5. The van der Waals surface area contributed by atoms with E-state index in [-0.39, 0.29) is 6.17 Å². The number of hydrogen-bond donors (Lipinski definition) is 0. The van der Waals surface area contributed by atoms with Crippen LogP contribution in [0, 0.1) is 0 Å². The van der Waals surface area contributed by atoms with E-state index in [1.54, 1.807) is 0 Å². The first-order chi connectivity index (χ1) is 6.27. The van der Waals surface area contributed by atoms with Crippen LogP contribution < -0.4 is 0 Å². The fourth-order valence-corrected chi connectivity index (χ4v) is 1.27. The van der Waals surface area contributed by atoms with Crippen molar-refractivity contribution in [2.45, 2.75) is 40.3 Å². The van der Waals surface area contributed by atoms with Crippen LogP contribution in [0.1, 0.15) is 34.1 Å². The van der Waals surface area contributed by atoms with E-state index in [1.807, 2.05) is 32.0 Å². The van der Waals surface area contributed by atoms with Gasteiger partial charge in [0.1, 0.15) is 6.17 Å². The van der Waals surface area contributed by atoms with Crippen molar-refractivity contribution in [3.05, 3.63) is 11.8 Å². The fraction of sp³-hybridized carbons (Fsp3) is 0.600. The number of aliphatic imine (C=N–C) groups is 1. The molecular weight excluding hydrogens is 162 g/mol. The lowest BCUT2D eigenvalue weighted by atomic mass is 10.2. The number of hydrogen-bond acceptors (Lipinski definition) is 3. The third-order valence-corrected chi connectivity index (χ3v) is 2.08. The Morgan fingerprint density at radius 2 is 2.08 bits per heavy atom. The van der Waals surface area contributed by atoms with Gasteiger partial charge in [0.05, 0.1) is 0 Å². The number of fused-ring (bicyclic) bond motifs is 1. The average Bonchev–Trinajstić information content (AvgIpc) is 2.56. The summed E-state index contributed by atoms with van der Waals surface area (Å²) >= 11 is 0. The zero-order valence-corrected chi connectivity index (χ0v) is 8.78. The van der Waals surface area contributed by atoms with Crippen LogP contribution in [0.3, 0.4) is 0 Å². The van der Waals surface area contributed by atoms with Crippen molar-refractivity contribution in [2.75, 3.05) is 0 Å². The summed E-state index contributed by atoms with van der Waals surface area (Å²) in [5, 5.41) is 6.09. The van der Waals surface area contributed by atoms with Crippen LogP contribution in [0.15, 0.2) is 21.9 Å². The lowest BCUT2D eigenvalue weighted by Crippen LogP contribution is -2.25. The molecule has 0 spiro atoms. The lowest BCUT2D eigenvalue weighted by Gasteiger charge is -2.22. The maximum Gasteiger partial charge on any atom is 0.146 e. The van der Waals surface area contributed by atoms with Crippen LogP contribution in [0.5, 0.6) is 0 Å². The molecule has 1 atom stereocenters. The molecule has 0 bridgehead atoms. The summed E-state index contributed by atoms with van der Waals surface area (Å²) in [5.41, 5.74) is 2.34. The highest BCUT2D eigenvalue weighted by Gasteiger charge is 2.21. The first-order valence-electron chi connectivity index (χ1n) is 4.81. The Kier molecular flexibility index (Phi) is 3.23. The third kappa shape index (κ3) is 1.97. The van der Waals surface area contributed by atoms with Crippen molar-refractivity contribution < 1.29 is 0 Å². The van der Waals surface area contributed by atoms with E-state index in [1.165, 1.54) is 5.57 Å². The molecule has 3 nitrogen and oxygen atoms in total. The van der Waals surface area contributed by atoms with Gasteiger partial charge in [0, 0.05) is 24.5 Å². The maximum absolute atomic E-state index is 4.47. The van der Waals surface area contributed by atoms with Crippen molar-refractivity contribution >= 4 is 11.9 Å². The maximum atomic E-state index is 4.47. The molecule has 0 N–H and O–H groups in total. The Labute approximate surface area is 79.8 Å². The van der Waals surface area contributed by atoms with Gasteiger partial charge in [-0.05, 0) is 19.4 Å². The van der Waals surface area contributed by atoms with Crippen molar-refractivity contribution in [3.8, 4) is 0 Å². The van der Waals surface area contributed by atoms with E-state index in [9.17, 15) is 0 Å². The largest absolute Gasteiger partial charge is 0.263 e. The SMILES string of the molecule is CC.CC1=CN2N=CCC2N=C1C. The zero-order valence-electron chi connectivity index (χ0n) is 8.78. The number of rotatable bonds is 0. The molecule has 2 heterocycles. The van der Waals surface area contributed by atoms with E-state index >= 15 is 0 Å². The number of hydrazone groups is 1. The number of nitrogens with zero attached hydrogens (tertiary/aromatic N) is 3. The second-order valence-electron chi connectivity index (χ2n) is 2.92. The Hall–Kier alpha value is -1.12. The minimum Gasteiger partial charge on any atom is -0.263 e. The first-order valence-corrected chi connectivity index (χ1v) is 4.81. The van der Waals surface area contributed by atoms with Gasteiger partial charge in [-0.2, -0.15) is 5.10 Å². The zero-order chi connectivity index (χ0) is 9.84. The summed E-state index contributed by atoms with van der Waals surface area (Å²) < 4.78 is 0.